The second kappa shape index (κ2) is 9.62. The summed E-state index contributed by atoms with van der Waals surface area (Å²) < 4.78 is 7.27. The molecule has 2 aromatic heterocycles. The van der Waals surface area contributed by atoms with E-state index in [4.69, 9.17) is 16.3 Å². The van der Waals surface area contributed by atoms with E-state index in [1.165, 1.54) is 10.6 Å². The van der Waals surface area contributed by atoms with Gasteiger partial charge in [0.1, 0.15) is 23.1 Å². The zero-order valence-corrected chi connectivity index (χ0v) is 18.7. The van der Waals surface area contributed by atoms with Crippen LogP contribution >= 0.6 is 11.6 Å². The standard InChI is InChI=1S/C24H24ClN3O3/c1-16-14-26-19(21(29)10-11-27(3)4)13-20(16)28-17(2)12-22(23(25)24(28)30)31-15-18-8-6-5-7-9-18/h5-14H,15H2,1-4H3/b11-10+. The molecular formula is C24H24ClN3O3. The number of halogens is 1. The maximum Gasteiger partial charge on any atom is 0.277 e. The van der Waals surface area contributed by atoms with Gasteiger partial charge in [0.05, 0.1) is 5.69 Å². The van der Waals surface area contributed by atoms with Gasteiger partial charge in [-0.2, -0.15) is 0 Å². The van der Waals surface area contributed by atoms with E-state index in [2.05, 4.69) is 4.98 Å². The van der Waals surface area contributed by atoms with Crippen LogP contribution in [0, 0.1) is 13.8 Å². The number of ketones is 1. The third-order valence-electron chi connectivity index (χ3n) is 4.63. The Labute approximate surface area is 186 Å². The van der Waals surface area contributed by atoms with Gasteiger partial charge in [-0.25, -0.2) is 0 Å². The van der Waals surface area contributed by atoms with Crippen LogP contribution in [0.15, 0.2) is 65.7 Å². The van der Waals surface area contributed by atoms with Crippen molar-refractivity contribution in [1.82, 2.24) is 14.5 Å². The van der Waals surface area contributed by atoms with Crippen molar-refractivity contribution in [2.45, 2.75) is 20.5 Å². The molecule has 0 saturated carbocycles. The Morgan fingerprint density at radius 2 is 1.90 bits per heavy atom. The first-order valence-electron chi connectivity index (χ1n) is 9.72. The second-order valence-corrected chi connectivity index (χ2v) is 7.76. The molecule has 0 bridgehead atoms. The van der Waals surface area contributed by atoms with Gasteiger partial charge in [-0.1, -0.05) is 41.9 Å². The SMILES string of the molecule is Cc1cnc(C(=O)/C=C/N(C)C)cc1-n1c(C)cc(OCc2ccccc2)c(Cl)c1=O. The number of aromatic nitrogens is 2. The highest BCUT2D eigenvalue weighted by atomic mass is 35.5. The molecule has 3 aromatic rings. The van der Waals surface area contributed by atoms with Gasteiger partial charge in [0.2, 0.25) is 5.78 Å². The van der Waals surface area contributed by atoms with Crippen molar-refractivity contribution in [3.05, 3.63) is 98.8 Å². The fraction of sp³-hybridized carbons (Fsp3) is 0.208. The van der Waals surface area contributed by atoms with Crippen LogP contribution in [0.25, 0.3) is 5.69 Å². The molecule has 0 saturated heterocycles. The van der Waals surface area contributed by atoms with Gasteiger partial charge in [-0.05, 0) is 31.0 Å². The van der Waals surface area contributed by atoms with E-state index in [0.717, 1.165) is 11.1 Å². The Balaban J connectivity index is 1.98. The van der Waals surface area contributed by atoms with Crippen LogP contribution in [0.3, 0.4) is 0 Å². The fourth-order valence-electron chi connectivity index (χ4n) is 3.01. The molecule has 0 aliphatic heterocycles. The summed E-state index contributed by atoms with van der Waals surface area (Å²) >= 11 is 6.37. The largest absolute Gasteiger partial charge is 0.487 e. The number of pyridine rings is 2. The molecule has 0 aliphatic carbocycles. The Hall–Kier alpha value is -3.38. The molecule has 6 nitrogen and oxygen atoms in total. The molecular weight excluding hydrogens is 414 g/mol. The number of hydrogen-bond acceptors (Lipinski definition) is 5. The molecule has 31 heavy (non-hydrogen) atoms. The number of aryl methyl sites for hydroxylation is 2. The first-order valence-corrected chi connectivity index (χ1v) is 10.1. The molecule has 1 aromatic carbocycles. The molecule has 3 rings (SSSR count). The van der Waals surface area contributed by atoms with Gasteiger partial charge in [0.15, 0.2) is 0 Å². The van der Waals surface area contributed by atoms with Crippen LogP contribution in [0.1, 0.15) is 27.3 Å². The van der Waals surface area contributed by atoms with Crippen LogP contribution < -0.4 is 10.3 Å². The maximum absolute atomic E-state index is 13.1. The lowest BCUT2D eigenvalue weighted by Crippen LogP contribution is -2.23. The summed E-state index contributed by atoms with van der Waals surface area (Å²) in [5.41, 5.74) is 2.73. The zero-order valence-electron chi connectivity index (χ0n) is 17.9. The minimum absolute atomic E-state index is 0.0156. The van der Waals surface area contributed by atoms with Gasteiger partial charge in [0.25, 0.3) is 5.56 Å². The molecule has 160 valence electrons. The molecule has 0 spiro atoms. The number of allylic oxidation sites excluding steroid dienone is 1. The van der Waals surface area contributed by atoms with E-state index < -0.39 is 5.56 Å². The molecule has 0 aliphatic rings. The van der Waals surface area contributed by atoms with E-state index in [9.17, 15) is 9.59 Å². The summed E-state index contributed by atoms with van der Waals surface area (Å²) in [7, 11) is 3.65. The molecule has 0 amide bonds. The van der Waals surface area contributed by atoms with Crippen LogP contribution in [-0.4, -0.2) is 34.3 Å². The van der Waals surface area contributed by atoms with Crippen molar-refractivity contribution in [1.29, 1.82) is 0 Å². The number of rotatable bonds is 7. The fourth-order valence-corrected chi connectivity index (χ4v) is 3.21. The van der Waals surface area contributed by atoms with Gasteiger partial charge in [-0.15, -0.1) is 0 Å². The summed E-state index contributed by atoms with van der Waals surface area (Å²) in [5, 5.41) is -0.0156. The van der Waals surface area contributed by atoms with Crippen LogP contribution in [0.2, 0.25) is 5.02 Å². The number of ether oxygens (including phenoxy) is 1. The van der Waals surface area contributed by atoms with Crippen molar-refractivity contribution in [3.63, 3.8) is 0 Å². The van der Waals surface area contributed by atoms with Gasteiger partial charge in [-0.3, -0.25) is 19.1 Å². The van der Waals surface area contributed by atoms with Crippen molar-refractivity contribution < 1.29 is 9.53 Å². The molecule has 0 radical (unpaired) electrons. The third-order valence-corrected chi connectivity index (χ3v) is 4.98. The highest BCUT2D eigenvalue weighted by Crippen LogP contribution is 2.25. The van der Waals surface area contributed by atoms with Gasteiger partial charge >= 0.3 is 0 Å². The van der Waals surface area contributed by atoms with E-state index >= 15 is 0 Å². The van der Waals surface area contributed by atoms with Crippen molar-refractivity contribution in [2.75, 3.05) is 14.1 Å². The summed E-state index contributed by atoms with van der Waals surface area (Å²) in [5.74, 6) is 0.0655. The number of nitrogens with zero attached hydrogens (tertiary/aromatic N) is 3. The number of carbonyl (C=O) groups excluding carboxylic acids is 1. The minimum atomic E-state index is -0.415. The lowest BCUT2D eigenvalue weighted by atomic mass is 10.1. The highest BCUT2D eigenvalue weighted by Gasteiger charge is 2.17. The van der Waals surface area contributed by atoms with Crippen LogP contribution in [0.4, 0.5) is 0 Å². The van der Waals surface area contributed by atoms with Crippen molar-refractivity contribution in [3.8, 4) is 11.4 Å². The van der Waals surface area contributed by atoms with E-state index in [-0.39, 0.29) is 16.5 Å². The van der Waals surface area contributed by atoms with Crippen molar-refractivity contribution >= 4 is 17.4 Å². The minimum Gasteiger partial charge on any atom is -0.487 e. The Morgan fingerprint density at radius 1 is 1.19 bits per heavy atom. The normalized spacial score (nSPS) is 11.0. The van der Waals surface area contributed by atoms with E-state index in [1.54, 1.807) is 36.4 Å². The van der Waals surface area contributed by atoms with Crippen LogP contribution in [-0.2, 0) is 6.61 Å². The Kier molecular flexibility index (Phi) is 6.92. The number of carbonyl (C=O) groups is 1. The molecule has 7 heteroatoms. The zero-order chi connectivity index (χ0) is 22.5. The lowest BCUT2D eigenvalue weighted by Gasteiger charge is -2.16. The van der Waals surface area contributed by atoms with E-state index in [0.29, 0.717) is 23.7 Å². The number of hydrogen-bond donors (Lipinski definition) is 0. The summed E-state index contributed by atoms with van der Waals surface area (Å²) in [4.78, 5) is 31.5. The predicted molar refractivity (Wildman–Crippen MR) is 122 cm³/mol. The highest BCUT2D eigenvalue weighted by molar-refractivity contribution is 6.31. The molecule has 2 heterocycles. The average molecular weight is 438 g/mol. The smallest absolute Gasteiger partial charge is 0.277 e. The third kappa shape index (κ3) is 5.22. The molecule has 0 atom stereocenters. The quantitative estimate of drug-likeness (QED) is 0.406. The summed E-state index contributed by atoms with van der Waals surface area (Å²) in [6.45, 7) is 3.92. The number of benzene rings is 1. The first-order chi connectivity index (χ1) is 14.8. The predicted octanol–water partition coefficient (Wildman–Crippen LogP) is 4.34. The second-order valence-electron chi connectivity index (χ2n) is 7.38. The first kappa shape index (κ1) is 22.3. The topological polar surface area (TPSA) is 64.4 Å². The summed E-state index contributed by atoms with van der Waals surface area (Å²) in [6.07, 6.45) is 4.66. The average Bonchev–Trinajstić information content (AvgIpc) is 2.75. The lowest BCUT2D eigenvalue weighted by molar-refractivity contribution is 0.104. The van der Waals surface area contributed by atoms with E-state index in [1.807, 2.05) is 51.4 Å². The Morgan fingerprint density at radius 3 is 2.58 bits per heavy atom. The molecule has 0 unspecified atom stereocenters. The molecule has 0 N–H and O–H groups in total. The maximum atomic E-state index is 13.1. The summed E-state index contributed by atoms with van der Waals surface area (Å²) in [6, 6.07) is 13.0. The Bertz CT molecular complexity index is 1180. The van der Waals surface area contributed by atoms with Crippen molar-refractivity contribution in [2.24, 2.45) is 0 Å². The molecule has 0 fully saturated rings. The van der Waals surface area contributed by atoms with Gasteiger partial charge in [0, 0.05) is 44.3 Å². The monoisotopic (exact) mass is 437 g/mol. The van der Waals surface area contributed by atoms with Gasteiger partial charge < -0.3 is 9.64 Å². The van der Waals surface area contributed by atoms with Crippen LogP contribution in [0.5, 0.6) is 5.75 Å².